The Bertz CT molecular complexity index is 342. The highest BCUT2D eigenvalue weighted by Crippen LogP contribution is 2.39. The highest BCUT2D eigenvalue weighted by molar-refractivity contribution is 5.71. The van der Waals surface area contributed by atoms with Crippen LogP contribution in [0.15, 0.2) is 18.7 Å². The molecule has 0 aliphatic rings. The Morgan fingerprint density at radius 1 is 1.31 bits per heavy atom. The molecule has 0 aliphatic carbocycles. The van der Waals surface area contributed by atoms with Crippen LogP contribution in [0.5, 0.6) is 17.2 Å². The highest BCUT2D eigenvalue weighted by Gasteiger charge is 2.11. The molecule has 1 rings (SSSR count). The quantitative estimate of drug-likeness (QED) is 0.685. The van der Waals surface area contributed by atoms with Crippen molar-refractivity contribution in [1.29, 1.82) is 0 Å². The number of phenols is 2. The maximum Gasteiger partial charge on any atom is 0.201 e. The molecule has 1 aromatic carbocycles. The number of phenolic OH excluding ortho intramolecular Hbond substituents is 2. The summed E-state index contributed by atoms with van der Waals surface area (Å²) >= 11 is 0. The molecule has 70 valence electrons. The maximum atomic E-state index is 9.49. The monoisotopic (exact) mass is 180 g/mol. The molecular weight excluding hydrogens is 168 g/mol. The molecule has 0 heterocycles. The van der Waals surface area contributed by atoms with Gasteiger partial charge < -0.3 is 14.9 Å². The van der Waals surface area contributed by atoms with E-state index in [-0.39, 0.29) is 17.2 Å². The number of allylic oxidation sites excluding steroid dienone is 1. The van der Waals surface area contributed by atoms with Crippen LogP contribution < -0.4 is 4.74 Å². The van der Waals surface area contributed by atoms with E-state index in [9.17, 15) is 10.2 Å². The lowest BCUT2D eigenvalue weighted by Crippen LogP contribution is -1.86. The van der Waals surface area contributed by atoms with Crippen molar-refractivity contribution in [2.24, 2.45) is 0 Å². The van der Waals surface area contributed by atoms with Gasteiger partial charge in [-0.1, -0.05) is 6.58 Å². The van der Waals surface area contributed by atoms with Crippen molar-refractivity contribution in [1.82, 2.24) is 0 Å². The average molecular weight is 180 g/mol. The molecule has 3 nitrogen and oxygen atoms in total. The van der Waals surface area contributed by atoms with Crippen molar-refractivity contribution in [2.75, 3.05) is 7.11 Å². The Hall–Kier alpha value is -1.64. The van der Waals surface area contributed by atoms with E-state index in [2.05, 4.69) is 6.58 Å². The highest BCUT2D eigenvalue weighted by atomic mass is 16.5. The second-order valence-corrected chi connectivity index (χ2v) is 2.79. The Balaban J connectivity index is 3.31. The number of hydrogen-bond acceptors (Lipinski definition) is 3. The number of ether oxygens (including phenoxy) is 1. The molecule has 3 heteroatoms. The Morgan fingerprint density at radius 2 is 1.92 bits per heavy atom. The zero-order valence-electron chi connectivity index (χ0n) is 7.66. The summed E-state index contributed by atoms with van der Waals surface area (Å²) in [4.78, 5) is 0. The largest absolute Gasteiger partial charge is 0.504 e. The number of rotatable bonds is 2. The van der Waals surface area contributed by atoms with E-state index in [1.165, 1.54) is 7.11 Å². The molecular formula is C10H12O3. The smallest absolute Gasteiger partial charge is 0.201 e. The van der Waals surface area contributed by atoms with E-state index in [1.54, 1.807) is 19.1 Å². The zero-order valence-corrected chi connectivity index (χ0v) is 7.66. The molecule has 1 aromatic rings. The number of hydrogen-bond donors (Lipinski definition) is 2. The lowest BCUT2D eigenvalue weighted by Gasteiger charge is -2.08. The molecule has 0 saturated heterocycles. The van der Waals surface area contributed by atoms with E-state index in [0.29, 0.717) is 11.1 Å². The van der Waals surface area contributed by atoms with Crippen molar-refractivity contribution in [3.63, 3.8) is 0 Å². The Morgan fingerprint density at radius 3 is 2.38 bits per heavy atom. The SMILES string of the molecule is C=C(C)c1ccc(OC)c(O)c1O. The van der Waals surface area contributed by atoms with Crippen molar-refractivity contribution in [3.8, 4) is 17.2 Å². The van der Waals surface area contributed by atoms with Gasteiger partial charge in [-0.3, -0.25) is 0 Å². The lowest BCUT2D eigenvalue weighted by atomic mass is 10.1. The molecule has 13 heavy (non-hydrogen) atoms. The van der Waals surface area contributed by atoms with Crippen LogP contribution in [-0.4, -0.2) is 17.3 Å². The molecule has 0 fully saturated rings. The van der Waals surface area contributed by atoms with Crippen LogP contribution >= 0.6 is 0 Å². The minimum atomic E-state index is -0.247. The first-order chi connectivity index (χ1) is 6.07. The van der Waals surface area contributed by atoms with Crippen LogP contribution in [0.2, 0.25) is 0 Å². The molecule has 0 aliphatic heterocycles. The molecule has 0 aromatic heterocycles. The van der Waals surface area contributed by atoms with Gasteiger partial charge in [-0.05, 0) is 24.6 Å². The van der Waals surface area contributed by atoms with Crippen molar-refractivity contribution in [3.05, 3.63) is 24.3 Å². The molecule has 0 radical (unpaired) electrons. The summed E-state index contributed by atoms with van der Waals surface area (Å²) in [5, 5.41) is 18.9. The first-order valence-electron chi connectivity index (χ1n) is 3.82. The third kappa shape index (κ3) is 1.59. The molecule has 2 N–H and O–H groups in total. The number of methoxy groups -OCH3 is 1. The van der Waals surface area contributed by atoms with Crippen LogP contribution in [0, 0.1) is 0 Å². The van der Waals surface area contributed by atoms with Gasteiger partial charge in [0.25, 0.3) is 0 Å². The first kappa shape index (κ1) is 9.45. The molecule has 0 unspecified atom stereocenters. The normalized spacial score (nSPS) is 9.69. The van der Waals surface area contributed by atoms with Crippen molar-refractivity contribution >= 4 is 5.57 Å². The van der Waals surface area contributed by atoms with Crippen LogP contribution in [0.4, 0.5) is 0 Å². The van der Waals surface area contributed by atoms with E-state index in [0.717, 1.165) is 0 Å². The molecule has 0 atom stereocenters. The van der Waals surface area contributed by atoms with Gasteiger partial charge in [-0.15, -0.1) is 0 Å². The second kappa shape index (κ2) is 3.39. The predicted octanol–water partition coefficient (Wildman–Crippen LogP) is 2.14. The molecule has 0 spiro atoms. The fourth-order valence-corrected chi connectivity index (χ4v) is 1.07. The average Bonchev–Trinajstić information content (AvgIpc) is 2.09. The number of aromatic hydroxyl groups is 2. The summed E-state index contributed by atoms with van der Waals surface area (Å²) in [6, 6.07) is 3.23. The Labute approximate surface area is 76.9 Å². The number of benzene rings is 1. The van der Waals surface area contributed by atoms with Crippen LogP contribution in [0.3, 0.4) is 0 Å². The summed E-state index contributed by atoms with van der Waals surface area (Å²) < 4.78 is 4.82. The van der Waals surface area contributed by atoms with Crippen molar-refractivity contribution in [2.45, 2.75) is 6.92 Å². The summed E-state index contributed by atoms with van der Waals surface area (Å²) in [5.41, 5.74) is 1.22. The van der Waals surface area contributed by atoms with Gasteiger partial charge >= 0.3 is 0 Å². The van der Waals surface area contributed by atoms with Gasteiger partial charge in [0.2, 0.25) is 5.75 Å². The van der Waals surface area contributed by atoms with Crippen LogP contribution in [0.25, 0.3) is 5.57 Å². The van der Waals surface area contributed by atoms with E-state index >= 15 is 0 Å². The van der Waals surface area contributed by atoms with E-state index in [4.69, 9.17) is 4.74 Å². The van der Waals surface area contributed by atoms with Gasteiger partial charge in [-0.2, -0.15) is 0 Å². The van der Waals surface area contributed by atoms with Gasteiger partial charge in [0.05, 0.1) is 7.11 Å². The zero-order chi connectivity index (χ0) is 10.0. The minimum Gasteiger partial charge on any atom is -0.504 e. The van der Waals surface area contributed by atoms with Gasteiger partial charge in [0, 0.05) is 5.56 Å². The van der Waals surface area contributed by atoms with E-state index < -0.39 is 0 Å². The maximum absolute atomic E-state index is 9.49. The molecule has 0 amide bonds. The first-order valence-corrected chi connectivity index (χ1v) is 3.82. The van der Waals surface area contributed by atoms with Gasteiger partial charge in [0.15, 0.2) is 11.5 Å². The van der Waals surface area contributed by atoms with Gasteiger partial charge in [0.1, 0.15) is 0 Å². The third-order valence-corrected chi connectivity index (χ3v) is 1.79. The second-order valence-electron chi connectivity index (χ2n) is 2.79. The fourth-order valence-electron chi connectivity index (χ4n) is 1.07. The fraction of sp³-hybridized carbons (Fsp3) is 0.200. The standard InChI is InChI=1S/C10H12O3/c1-6(2)7-4-5-8(13-3)10(12)9(7)11/h4-5,11-12H,1H2,2-3H3. The lowest BCUT2D eigenvalue weighted by molar-refractivity contribution is 0.350. The summed E-state index contributed by atoms with van der Waals surface area (Å²) in [6.45, 7) is 5.42. The van der Waals surface area contributed by atoms with Crippen LogP contribution in [0.1, 0.15) is 12.5 Å². The summed E-state index contributed by atoms with van der Waals surface area (Å²) in [7, 11) is 1.43. The predicted molar refractivity (Wildman–Crippen MR) is 51.0 cm³/mol. The van der Waals surface area contributed by atoms with Crippen molar-refractivity contribution < 1.29 is 14.9 Å². The third-order valence-electron chi connectivity index (χ3n) is 1.79. The summed E-state index contributed by atoms with van der Waals surface area (Å²) in [5.74, 6) is -0.183. The van der Waals surface area contributed by atoms with Gasteiger partial charge in [-0.25, -0.2) is 0 Å². The topological polar surface area (TPSA) is 49.7 Å². The van der Waals surface area contributed by atoms with E-state index in [1.807, 2.05) is 0 Å². The Kier molecular flexibility index (Phi) is 2.46. The molecule has 0 bridgehead atoms. The summed E-state index contributed by atoms with van der Waals surface area (Å²) in [6.07, 6.45) is 0. The minimum absolute atomic E-state index is 0.188. The molecule has 0 saturated carbocycles. The van der Waals surface area contributed by atoms with Crippen LogP contribution in [-0.2, 0) is 0 Å².